The molecule has 0 aliphatic rings. The molecule has 0 radical (unpaired) electrons. The zero-order valence-electron chi connectivity index (χ0n) is 11.8. The molecule has 2 heterocycles. The molecule has 0 amide bonds. The highest BCUT2D eigenvalue weighted by Gasteiger charge is 2.15. The third-order valence-corrected chi connectivity index (χ3v) is 4.46. The third-order valence-electron chi connectivity index (χ3n) is 3.41. The quantitative estimate of drug-likeness (QED) is 0.764. The van der Waals surface area contributed by atoms with E-state index in [9.17, 15) is 9.65 Å². The lowest BCUT2D eigenvalue weighted by Crippen LogP contribution is -1.99. The Hall–Kier alpha value is -2.71. The topological polar surface area (TPSA) is 62.7 Å². The minimum Gasteiger partial charge on any atom is -0.383 e. The van der Waals surface area contributed by atoms with Crippen LogP contribution in [0.3, 0.4) is 0 Å². The fourth-order valence-electron chi connectivity index (χ4n) is 2.28. The number of nitrogen functional groups attached to an aromatic ring is 1. The standard InChI is InChI=1S/C17H12FN3S/c1-10-6-7-22-16(10)13-8-15(21-17(20)14(13)9-19)11-2-4-12(18)5-3-11/h2-8H,1H3,(H2,20,21). The van der Waals surface area contributed by atoms with Crippen molar-refractivity contribution in [3.63, 3.8) is 0 Å². The van der Waals surface area contributed by atoms with E-state index in [2.05, 4.69) is 11.1 Å². The summed E-state index contributed by atoms with van der Waals surface area (Å²) in [5.74, 6) is -0.119. The van der Waals surface area contributed by atoms with Crippen LogP contribution < -0.4 is 5.73 Å². The van der Waals surface area contributed by atoms with Gasteiger partial charge in [-0.3, -0.25) is 0 Å². The molecule has 2 aromatic heterocycles. The summed E-state index contributed by atoms with van der Waals surface area (Å²) < 4.78 is 13.1. The molecular formula is C17H12FN3S. The van der Waals surface area contributed by atoms with Gasteiger partial charge in [0, 0.05) is 16.0 Å². The maximum absolute atomic E-state index is 13.1. The van der Waals surface area contributed by atoms with Gasteiger partial charge in [0.25, 0.3) is 0 Å². The fraction of sp³-hybridized carbons (Fsp3) is 0.0588. The second-order valence-electron chi connectivity index (χ2n) is 4.87. The molecule has 108 valence electrons. The van der Waals surface area contributed by atoms with Crippen LogP contribution in [0.1, 0.15) is 11.1 Å². The van der Waals surface area contributed by atoms with Crippen LogP contribution in [-0.4, -0.2) is 4.98 Å². The van der Waals surface area contributed by atoms with Gasteiger partial charge in [0.2, 0.25) is 0 Å². The highest BCUT2D eigenvalue weighted by molar-refractivity contribution is 7.13. The number of nitriles is 1. The van der Waals surface area contributed by atoms with Gasteiger partial charge in [-0.25, -0.2) is 9.37 Å². The van der Waals surface area contributed by atoms with Crippen molar-refractivity contribution in [1.82, 2.24) is 4.98 Å². The van der Waals surface area contributed by atoms with Crippen molar-refractivity contribution in [3.8, 4) is 27.8 Å². The van der Waals surface area contributed by atoms with Crippen LogP contribution in [0.5, 0.6) is 0 Å². The number of aromatic nitrogens is 1. The summed E-state index contributed by atoms with van der Waals surface area (Å²) in [4.78, 5) is 5.28. The van der Waals surface area contributed by atoms with Crippen LogP contribution >= 0.6 is 11.3 Å². The molecule has 0 atom stereocenters. The molecule has 1 aromatic carbocycles. The lowest BCUT2D eigenvalue weighted by Gasteiger charge is -2.09. The zero-order chi connectivity index (χ0) is 15.7. The van der Waals surface area contributed by atoms with Gasteiger partial charge >= 0.3 is 0 Å². The number of aryl methyl sites for hydroxylation is 1. The molecule has 3 aromatic rings. The highest BCUT2D eigenvalue weighted by atomic mass is 32.1. The number of nitrogens with zero attached hydrogens (tertiary/aromatic N) is 2. The van der Waals surface area contributed by atoms with E-state index in [-0.39, 0.29) is 11.6 Å². The first-order valence-electron chi connectivity index (χ1n) is 6.61. The summed E-state index contributed by atoms with van der Waals surface area (Å²) in [6.07, 6.45) is 0. The number of hydrogen-bond donors (Lipinski definition) is 1. The summed E-state index contributed by atoms with van der Waals surface area (Å²) in [7, 11) is 0. The van der Waals surface area contributed by atoms with Gasteiger partial charge in [-0.05, 0) is 54.3 Å². The molecular weight excluding hydrogens is 297 g/mol. The minimum absolute atomic E-state index is 0.187. The van der Waals surface area contributed by atoms with Gasteiger partial charge in [-0.15, -0.1) is 11.3 Å². The van der Waals surface area contributed by atoms with E-state index in [0.717, 1.165) is 21.6 Å². The number of rotatable bonds is 2. The summed E-state index contributed by atoms with van der Waals surface area (Å²) in [6.45, 7) is 1.99. The summed E-state index contributed by atoms with van der Waals surface area (Å²) >= 11 is 1.55. The Kier molecular flexibility index (Phi) is 3.61. The number of nitrogens with two attached hydrogens (primary N) is 1. The third kappa shape index (κ3) is 2.45. The molecule has 0 saturated heterocycles. The van der Waals surface area contributed by atoms with Crippen molar-refractivity contribution >= 4 is 17.2 Å². The Bertz CT molecular complexity index is 876. The van der Waals surface area contributed by atoms with Crippen molar-refractivity contribution in [2.75, 3.05) is 5.73 Å². The predicted octanol–water partition coefficient (Wildman–Crippen LogP) is 4.38. The Morgan fingerprint density at radius 3 is 2.55 bits per heavy atom. The van der Waals surface area contributed by atoms with Crippen molar-refractivity contribution in [2.45, 2.75) is 6.92 Å². The smallest absolute Gasteiger partial charge is 0.142 e. The minimum atomic E-state index is -0.306. The Morgan fingerprint density at radius 2 is 1.95 bits per heavy atom. The molecule has 22 heavy (non-hydrogen) atoms. The average molecular weight is 309 g/mol. The summed E-state index contributed by atoms with van der Waals surface area (Å²) in [5, 5.41) is 11.3. The van der Waals surface area contributed by atoms with Crippen LogP contribution in [0.4, 0.5) is 10.2 Å². The van der Waals surface area contributed by atoms with Crippen LogP contribution in [-0.2, 0) is 0 Å². The molecule has 3 rings (SSSR count). The van der Waals surface area contributed by atoms with E-state index >= 15 is 0 Å². The number of pyridine rings is 1. The van der Waals surface area contributed by atoms with Gasteiger partial charge in [0.05, 0.1) is 5.69 Å². The van der Waals surface area contributed by atoms with E-state index in [1.807, 2.05) is 24.4 Å². The number of halogens is 1. The van der Waals surface area contributed by atoms with E-state index in [0.29, 0.717) is 11.3 Å². The Morgan fingerprint density at radius 1 is 1.23 bits per heavy atom. The summed E-state index contributed by atoms with van der Waals surface area (Å²) in [6, 6.07) is 12.0. The molecule has 0 aliphatic heterocycles. The lowest BCUT2D eigenvalue weighted by atomic mass is 10.0. The van der Waals surface area contributed by atoms with E-state index < -0.39 is 0 Å². The van der Waals surface area contributed by atoms with Crippen LogP contribution in [0.2, 0.25) is 0 Å². The van der Waals surface area contributed by atoms with Crippen molar-refractivity contribution < 1.29 is 4.39 Å². The first-order valence-corrected chi connectivity index (χ1v) is 7.49. The molecule has 0 spiro atoms. The average Bonchev–Trinajstić information content (AvgIpc) is 2.93. The molecule has 0 saturated carbocycles. The lowest BCUT2D eigenvalue weighted by molar-refractivity contribution is 0.628. The zero-order valence-corrected chi connectivity index (χ0v) is 12.6. The highest BCUT2D eigenvalue weighted by Crippen LogP contribution is 2.35. The monoisotopic (exact) mass is 309 g/mol. The molecule has 5 heteroatoms. The van der Waals surface area contributed by atoms with Crippen molar-refractivity contribution in [2.24, 2.45) is 0 Å². The SMILES string of the molecule is Cc1ccsc1-c1cc(-c2ccc(F)cc2)nc(N)c1C#N. The Balaban J connectivity index is 2.23. The van der Waals surface area contributed by atoms with Crippen molar-refractivity contribution in [3.05, 3.63) is 58.7 Å². The maximum atomic E-state index is 13.1. The molecule has 0 unspecified atom stereocenters. The maximum Gasteiger partial charge on any atom is 0.142 e. The van der Waals surface area contributed by atoms with Gasteiger partial charge in [-0.1, -0.05) is 0 Å². The van der Waals surface area contributed by atoms with Crippen LogP contribution in [0.15, 0.2) is 41.8 Å². The Labute approximate surface area is 131 Å². The van der Waals surface area contributed by atoms with Crippen LogP contribution in [0, 0.1) is 24.1 Å². The van der Waals surface area contributed by atoms with Gasteiger partial charge in [0.15, 0.2) is 0 Å². The van der Waals surface area contributed by atoms with Gasteiger partial charge in [-0.2, -0.15) is 5.26 Å². The molecule has 3 nitrogen and oxygen atoms in total. The number of hydrogen-bond acceptors (Lipinski definition) is 4. The molecule has 0 fully saturated rings. The van der Waals surface area contributed by atoms with Gasteiger partial charge < -0.3 is 5.73 Å². The first kappa shape index (κ1) is 14.2. The second-order valence-corrected chi connectivity index (χ2v) is 5.78. The number of anilines is 1. The fourth-order valence-corrected chi connectivity index (χ4v) is 3.23. The van der Waals surface area contributed by atoms with E-state index in [4.69, 9.17) is 5.73 Å². The molecule has 0 aliphatic carbocycles. The first-order chi connectivity index (χ1) is 10.6. The van der Waals surface area contributed by atoms with Crippen molar-refractivity contribution in [1.29, 1.82) is 5.26 Å². The van der Waals surface area contributed by atoms with E-state index in [1.165, 1.54) is 12.1 Å². The predicted molar refractivity (Wildman–Crippen MR) is 86.8 cm³/mol. The van der Waals surface area contributed by atoms with Crippen LogP contribution in [0.25, 0.3) is 21.7 Å². The summed E-state index contributed by atoms with van der Waals surface area (Å²) in [5.41, 5.74) is 9.55. The van der Waals surface area contributed by atoms with Gasteiger partial charge in [0.1, 0.15) is 23.3 Å². The number of benzene rings is 1. The van der Waals surface area contributed by atoms with E-state index in [1.54, 1.807) is 23.5 Å². The molecule has 2 N–H and O–H groups in total. The molecule has 0 bridgehead atoms. The normalized spacial score (nSPS) is 10.4. The second kappa shape index (κ2) is 5.58. The number of thiophene rings is 1. The largest absolute Gasteiger partial charge is 0.383 e.